The lowest BCUT2D eigenvalue weighted by atomic mass is 10.2. The molecule has 0 aromatic heterocycles. The van der Waals surface area contributed by atoms with E-state index in [0.717, 1.165) is 10.6 Å². The van der Waals surface area contributed by atoms with Gasteiger partial charge in [-0.1, -0.05) is 23.7 Å². The number of hydrogen-bond acceptors (Lipinski definition) is 5. The van der Waals surface area contributed by atoms with E-state index in [2.05, 4.69) is 10.6 Å². The Balaban J connectivity index is 1.68. The van der Waals surface area contributed by atoms with Crippen LogP contribution in [0.4, 0.5) is 17.1 Å². The molecule has 7 nitrogen and oxygen atoms in total. The number of nitrogens with zero attached hydrogens (tertiary/aromatic N) is 1. The van der Waals surface area contributed by atoms with Crippen LogP contribution in [0.2, 0.25) is 5.02 Å². The summed E-state index contributed by atoms with van der Waals surface area (Å²) in [4.78, 5) is 35.5. The molecule has 0 unspecified atom stereocenters. The number of carbonyl (C=O) groups excluding carboxylic acids is 2. The molecular weight excluding hydrogens is 366 g/mol. The van der Waals surface area contributed by atoms with E-state index in [0.29, 0.717) is 0 Å². The summed E-state index contributed by atoms with van der Waals surface area (Å²) < 4.78 is 0. The molecule has 9 heteroatoms. The number of para-hydroxylation sites is 1. The number of carbonyl (C=O) groups is 2. The molecule has 1 aliphatic heterocycles. The van der Waals surface area contributed by atoms with Crippen LogP contribution in [-0.2, 0) is 9.59 Å². The largest absolute Gasteiger partial charge is 0.326 e. The molecule has 1 atom stereocenters. The van der Waals surface area contributed by atoms with E-state index in [1.54, 1.807) is 6.07 Å². The lowest BCUT2D eigenvalue weighted by molar-refractivity contribution is -0.384. The highest BCUT2D eigenvalue weighted by Gasteiger charge is 2.29. The van der Waals surface area contributed by atoms with Gasteiger partial charge in [-0.2, -0.15) is 0 Å². The first kappa shape index (κ1) is 17.2. The first-order valence-electron chi connectivity index (χ1n) is 7.24. The van der Waals surface area contributed by atoms with Gasteiger partial charge >= 0.3 is 0 Å². The van der Waals surface area contributed by atoms with Crippen LogP contribution in [-0.4, -0.2) is 22.0 Å². The van der Waals surface area contributed by atoms with Crippen molar-refractivity contribution in [3.8, 4) is 0 Å². The van der Waals surface area contributed by atoms with Crippen molar-refractivity contribution < 1.29 is 14.5 Å². The van der Waals surface area contributed by atoms with Gasteiger partial charge in [0.2, 0.25) is 11.8 Å². The first-order chi connectivity index (χ1) is 11.9. The lowest BCUT2D eigenvalue weighted by Crippen LogP contribution is -2.32. The highest BCUT2D eigenvalue weighted by Crippen LogP contribution is 2.36. The summed E-state index contributed by atoms with van der Waals surface area (Å²) in [6, 6.07) is 11.3. The van der Waals surface area contributed by atoms with Crippen LogP contribution in [0.25, 0.3) is 0 Å². The van der Waals surface area contributed by atoms with Gasteiger partial charge in [-0.25, -0.2) is 0 Å². The number of nitrogens with one attached hydrogen (secondary N) is 2. The van der Waals surface area contributed by atoms with Crippen molar-refractivity contribution >= 4 is 52.2 Å². The average molecular weight is 378 g/mol. The predicted octanol–water partition coefficient (Wildman–Crippen LogP) is 3.69. The molecule has 2 amide bonds. The maximum absolute atomic E-state index is 12.2. The second kappa shape index (κ2) is 7.12. The number of hydrogen-bond donors (Lipinski definition) is 2. The molecule has 2 aromatic carbocycles. The molecule has 0 aliphatic carbocycles. The summed E-state index contributed by atoms with van der Waals surface area (Å²) >= 11 is 7.05. The maximum atomic E-state index is 12.2. The summed E-state index contributed by atoms with van der Waals surface area (Å²) in [5.74, 6) is -0.662. The van der Waals surface area contributed by atoms with E-state index < -0.39 is 16.1 Å². The first-order valence-corrected chi connectivity index (χ1v) is 8.50. The van der Waals surface area contributed by atoms with Gasteiger partial charge in [-0.15, -0.1) is 11.8 Å². The topological polar surface area (TPSA) is 101 Å². The highest BCUT2D eigenvalue weighted by molar-refractivity contribution is 8.01. The molecule has 3 rings (SSSR count). The van der Waals surface area contributed by atoms with E-state index in [9.17, 15) is 19.7 Å². The summed E-state index contributed by atoms with van der Waals surface area (Å²) in [6.45, 7) is 0. The third kappa shape index (κ3) is 3.92. The molecule has 0 saturated carbocycles. The molecule has 25 heavy (non-hydrogen) atoms. The second-order valence-corrected chi connectivity index (χ2v) is 6.92. The van der Waals surface area contributed by atoms with Gasteiger partial charge in [0.25, 0.3) is 5.69 Å². The van der Waals surface area contributed by atoms with Crippen LogP contribution in [0.1, 0.15) is 6.42 Å². The summed E-state index contributed by atoms with van der Waals surface area (Å²) in [7, 11) is 0. The minimum absolute atomic E-state index is 0.0122. The lowest BCUT2D eigenvalue weighted by Gasteiger charge is -2.23. The van der Waals surface area contributed by atoms with Crippen molar-refractivity contribution in [3.05, 3.63) is 57.6 Å². The van der Waals surface area contributed by atoms with Crippen molar-refractivity contribution in [1.29, 1.82) is 0 Å². The number of anilines is 2. The number of nitro groups is 1. The number of nitro benzene ring substituents is 1. The van der Waals surface area contributed by atoms with E-state index in [-0.39, 0.29) is 28.7 Å². The SMILES string of the molecule is O=C(C[C@H]1Sc2ccccc2NC1=O)Nc1ccc(Cl)c([N+](=O)[O-])c1. The molecule has 0 spiro atoms. The zero-order valence-electron chi connectivity index (χ0n) is 12.7. The Morgan fingerprint density at radius 1 is 1.32 bits per heavy atom. The number of thioether (sulfide) groups is 1. The zero-order valence-corrected chi connectivity index (χ0v) is 14.3. The second-order valence-electron chi connectivity index (χ2n) is 5.27. The molecule has 128 valence electrons. The number of benzene rings is 2. The van der Waals surface area contributed by atoms with E-state index in [1.165, 1.54) is 30.0 Å². The normalized spacial score (nSPS) is 15.9. The summed E-state index contributed by atoms with van der Waals surface area (Å²) in [5.41, 5.74) is 0.684. The Morgan fingerprint density at radius 3 is 2.84 bits per heavy atom. The van der Waals surface area contributed by atoms with Crippen LogP contribution in [0.5, 0.6) is 0 Å². The van der Waals surface area contributed by atoms with E-state index in [1.807, 2.05) is 18.2 Å². The van der Waals surface area contributed by atoms with E-state index >= 15 is 0 Å². The third-order valence-electron chi connectivity index (χ3n) is 3.50. The number of rotatable bonds is 4. The zero-order chi connectivity index (χ0) is 18.0. The Kier molecular flexibility index (Phi) is 4.91. The van der Waals surface area contributed by atoms with Gasteiger partial charge in [0.05, 0.1) is 15.9 Å². The van der Waals surface area contributed by atoms with Gasteiger partial charge in [0, 0.05) is 23.1 Å². The molecule has 2 aromatic rings. The van der Waals surface area contributed by atoms with Gasteiger partial charge in [-0.05, 0) is 24.3 Å². The van der Waals surface area contributed by atoms with Crippen LogP contribution >= 0.6 is 23.4 Å². The van der Waals surface area contributed by atoms with E-state index in [4.69, 9.17) is 11.6 Å². The molecular formula is C16H12ClN3O4S. The van der Waals surface area contributed by atoms with Gasteiger partial charge in [-0.3, -0.25) is 19.7 Å². The Morgan fingerprint density at radius 2 is 2.08 bits per heavy atom. The molecule has 1 heterocycles. The maximum Gasteiger partial charge on any atom is 0.289 e. The number of halogens is 1. The number of amides is 2. The molecule has 0 bridgehead atoms. The summed E-state index contributed by atoms with van der Waals surface area (Å²) in [5, 5.41) is 15.6. The van der Waals surface area contributed by atoms with Crippen molar-refractivity contribution in [2.24, 2.45) is 0 Å². The molecule has 0 fully saturated rings. The molecule has 0 radical (unpaired) electrons. The smallest absolute Gasteiger partial charge is 0.289 e. The quantitative estimate of drug-likeness (QED) is 0.625. The minimum atomic E-state index is -0.626. The fourth-order valence-electron chi connectivity index (χ4n) is 2.34. The van der Waals surface area contributed by atoms with Crippen molar-refractivity contribution in [1.82, 2.24) is 0 Å². The van der Waals surface area contributed by atoms with Gasteiger partial charge in [0.15, 0.2) is 0 Å². The van der Waals surface area contributed by atoms with Crippen LogP contribution < -0.4 is 10.6 Å². The van der Waals surface area contributed by atoms with Crippen molar-refractivity contribution in [2.75, 3.05) is 10.6 Å². The number of fused-ring (bicyclic) bond motifs is 1. The Bertz CT molecular complexity index is 874. The molecule has 2 N–H and O–H groups in total. The fraction of sp³-hybridized carbons (Fsp3) is 0.125. The van der Waals surface area contributed by atoms with Crippen LogP contribution in [0.15, 0.2) is 47.4 Å². The molecule has 1 aliphatic rings. The van der Waals surface area contributed by atoms with Crippen LogP contribution in [0, 0.1) is 10.1 Å². The monoisotopic (exact) mass is 377 g/mol. The molecule has 0 saturated heterocycles. The van der Waals surface area contributed by atoms with Crippen molar-refractivity contribution in [3.63, 3.8) is 0 Å². The average Bonchev–Trinajstić information content (AvgIpc) is 2.57. The summed E-state index contributed by atoms with van der Waals surface area (Å²) in [6.07, 6.45) is -0.0543. The third-order valence-corrected chi connectivity index (χ3v) is 5.10. The van der Waals surface area contributed by atoms with Crippen molar-refractivity contribution in [2.45, 2.75) is 16.6 Å². The minimum Gasteiger partial charge on any atom is -0.326 e. The Labute approximate surface area is 151 Å². The standard InChI is InChI=1S/C16H12ClN3O4S/c17-10-6-5-9(7-12(10)20(23)24)18-15(21)8-14-16(22)19-11-3-1-2-4-13(11)25-14/h1-7,14H,8H2,(H,18,21)(H,19,22)/t14-/m1/s1. The Hall–Kier alpha value is -2.58. The van der Waals surface area contributed by atoms with Gasteiger partial charge < -0.3 is 10.6 Å². The fourth-order valence-corrected chi connectivity index (χ4v) is 3.63. The van der Waals surface area contributed by atoms with Crippen LogP contribution in [0.3, 0.4) is 0 Å². The van der Waals surface area contributed by atoms with Gasteiger partial charge in [0.1, 0.15) is 5.02 Å². The predicted molar refractivity (Wildman–Crippen MR) is 96.1 cm³/mol. The highest BCUT2D eigenvalue weighted by atomic mass is 35.5.